The van der Waals surface area contributed by atoms with Crippen molar-refractivity contribution < 1.29 is 0 Å². The summed E-state index contributed by atoms with van der Waals surface area (Å²) in [5, 5.41) is 8.29. The molecule has 0 N–H and O–H groups in total. The molecule has 0 radical (unpaired) electrons. The fourth-order valence-corrected chi connectivity index (χ4v) is 0.374. The molecule has 0 aliphatic carbocycles. The van der Waals surface area contributed by atoms with E-state index in [1.165, 1.54) is 0 Å². The van der Waals surface area contributed by atoms with E-state index in [0.717, 1.165) is 12.0 Å². The van der Waals surface area contributed by atoms with E-state index in [4.69, 9.17) is 5.26 Å². The van der Waals surface area contributed by atoms with Crippen LogP contribution in [0.2, 0.25) is 0 Å². The predicted octanol–water partition coefficient (Wildman–Crippen LogP) is 3.61. The van der Waals surface area contributed by atoms with Crippen LogP contribution in [0, 0.1) is 11.3 Å². The van der Waals surface area contributed by atoms with E-state index < -0.39 is 0 Å². The van der Waals surface area contributed by atoms with Crippen molar-refractivity contribution >= 4 is 0 Å². The minimum atomic E-state index is 0.467. The second kappa shape index (κ2) is 9.71. The maximum absolute atomic E-state index is 8.29. The lowest BCUT2D eigenvalue weighted by Gasteiger charge is -1.88. The Bertz CT molecular complexity index is 204. The van der Waals surface area contributed by atoms with Gasteiger partial charge in [0.15, 0.2) is 0 Å². The maximum atomic E-state index is 8.29. The zero-order valence-corrected chi connectivity index (χ0v) is 8.22. The standard InChI is InChI=1S/C9H11N.C2H6/c1-4-8(2)5-6-9(3)7-10;1-2/h5-6H,2-4H2,1H3;1-2H3/b6-5-;. The molecule has 0 saturated heterocycles. The first kappa shape index (κ1) is 13.3. The van der Waals surface area contributed by atoms with Crippen LogP contribution in [0.25, 0.3) is 0 Å². The summed E-state index contributed by atoms with van der Waals surface area (Å²) < 4.78 is 0. The van der Waals surface area contributed by atoms with Crippen molar-refractivity contribution in [1.82, 2.24) is 0 Å². The summed E-state index contributed by atoms with van der Waals surface area (Å²) in [6.45, 7) is 13.2. The van der Waals surface area contributed by atoms with Gasteiger partial charge in [-0.05, 0) is 12.5 Å². The van der Waals surface area contributed by atoms with Gasteiger partial charge in [0.2, 0.25) is 0 Å². The van der Waals surface area contributed by atoms with Gasteiger partial charge in [-0.3, -0.25) is 0 Å². The van der Waals surface area contributed by atoms with E-state index in [1.54, 1.807) is 6.08 Å². The fourth-order valence-electron chi connectivity index (χ4n) is 0.374. The molecule has 0 aromatic carbocycles. The Morgan fingerprint density at radius 2 is 1.83 bits per heavy atom. The number of rotatable bonds is 3. The van der Waals surface area contributed by atoms with Gasteiger partial charge in [0, 0.05) is 5.57 Å². The van der Waals surface area contributed by atoms with Crippen LogP contribution in [0.15, 0.2) is 36.5 Å². The molecule has 1 nitrogen and oxygen atoms in total. The Kier molecular flexibility index (Phi) is 10.8. The summed E-state index contributed by atoms with van der Waals surface area (Å²) >= 11 is 0. The molecular formula is C11H17N. The van der Waals surface area contributed by atoms with Crippen LogP contribution >= 0.6 is 0 Å². The number of nitriles is 1. The first-order valence-corrected chi connectivity index (χ1v) is 4.15. The summed E-state index contributed by atoms with van der Waals surface area (Å²) in [6.07, 6.45) is 4.40. The SMILES string of the molecule is C=C(C#N)/C=C\C(=C)CC.CC. The molecule has 0 atom stereocenters. The predicted molar refractivity (Wildman–Crippen MR) is 54.7 cm³/mol. The molecule has 1 heteroatoms. The van der Waals surface area contributed by atoms with Gasteiger partial charge in [-0.25, -0.2) is 0 Å². The maximum Gasteiger partial charge on any atom is 0.0985 e. The molecule has 0 aromatic heterocycles. The zero-order valence-electron chi connectivity index (χ0n) is 8.22. The van der Waals surface area contributed by atoms with Crippen LogP contribution in [0.3, 0.4) is 0 Å². The van der Waals surface area contributed by atoms with Gasteiger partial charge < -0.3 is 0 Å². The third-order valence-electron chi connectivity index (χ3n) is 1.12. The fraction of sp³-hybridized carbons (Fsp3) is 0.364. The number of allylic oxidation sites excluding steroid dienone is 4. The molecule has 0 unspecified atom stereocenters. The summed E-state index contributed by atoms with van der Waals surface area (Å²) in [5.74, 6) is 0. The van der Waals surface area contributed by atoms with Crippen molar-refractivity contribution in [3.05, 3.63) is 36.5 Å². The number of nitrogens with zero attached hydrogens (tertiary/aromatic N) is 1. The van der Waals surface area contributed by atoms with Crippen LogP contribution in [-0.4, -0.2) is 0 Å². The summed E-state index contributed by atoms with van der Waals surface area (Å²) in [7, 11) is 0. The van der Waals surface area contributed by atoms with E-state index in [0.29, 0.717) is 5.57 Å². The molecular weight excluding hydrogens is 146 g/mol. The van der Waals surface area contributed by atoms with Crippen LogP contribution in [0.1, 0.15) is 27.2 Å². The van der Waals surface area contributed by atoms with Gasteiger partial charge in [0.05, 0.1) is 6.07 Å². The van der Waals surface area contributed by atoms with Crippen LogP contribution in [-0.2, 0) is 0 Å². The molecule has 0 saturated carbocycles. The molecule has 0 aliphatic heterocycles. The number of hydrogen-bond acceptors (Lipinski definition) is 1. The first-order valence-electron chi connectivity index (χ1n) is 4.15. The van der Waals surface area contributed by atoms with Crippen molar-refractivity contribution in [2.24, 2.45) is 0 Å². The van der Waals surface area contributed by atoms with E-state index >= 15 is 0 Å². The van der Waals surface area contributed by atoms with Crippen molar-refractivity contribution in [3.63, 3.8) is 0 Å². The average molecular weight is 163 g/mol. The Hall–Kier alpha value is -1.29. The molecule has 0 heterocycles. The van der Waals surface area contributed by atoms with Crippen molar-refractivity contribution in [2.75, 3.05) is 0 Å². The van der Waals surface area contributed by atoms with Crippen molar-refractivity contribution in [3.8, 4) is 6.07 Å². The lowest BCUT2D eigenvalue weighted by Crippen LogP contribution is -1.70. The molecule has 0 rings (SSSR count). The minimum absolute atomic E-state index is 0.467. The molecule has 12 heavy (non-hydrogen) atoms. The minimum Gasteiger partial charge on any atom is -0.192 e. The topological polar surface area (TPSA) is 23.8 Å². The quantitative estimate of drug-likeness (QED) is 0.460. The highest BCUT2D eigenvalue weighted by Gasteiger charge is 1.82. The van der Waals surface area contributed by atoms with Crippen LogP contribution in [0.5, 0.6) is 0 Å². The van der Waals surface area contributed by atoms with Crippen LogP contribution < -0.4 is 0 Å². The van der Waals surface area contributed by atoms with Gasteiger partial charge in [0.25, 0.3) is 0 Å². The third kappa shape index (κ3) is 8.71. The lowest BCUT2D eigenvalue weighted by atomic mass is 10.2. The molecule has 66 valence electrons. The Balaban J connectivity index is 0. The molecule has 0 aromatic rings. The highest BCUT2D eigenvalue weighted by atomic mass is 14.2. The van der Waals surface area contributed by atoms with Crippen molar-refractivity contribution in [2.45, 2.75) is 27.2 Å². The lowest BCUT2D eigenvalue weighted by molar-refractivity contribution is 1.16. The third-order valence-corrected chi connectivity index (χ3v) is 1.12. The highest BCUT2D eigenvalue weighted by molar-refractivity contribution is 5.33. The van der Waals surface area contributed by atoms with E-state index in [1.807, 2.05) is 32.9 Å². The molecule has 0 aliphatic rings. The molecule has 0 amide bonds. The van der Waals surface area contributed by atoms with Crippen LogP contribution in [0.4, 0.5) is 0 Å². The average Bonchev–Trinajstić information content (AvgIpc) is 2.16. The van der Waals surface area contributed by atoms with Gasteiger partial charge in [-0.15, -0.1) is 0 Å². The Labute approximate surface area is 75.7 Å². The second-order valence-electron chi connectivity index (χ2n) is 1.98. The van der Waals surface area contributed by atoms with Gasteiger partial charge in [-0.2, -0.15) is 5.26 Å². The van der Waals surface area contributed by atoms with E-state index in [-0.39, 0.29) is 0 Å². The zero-order chi connectivity index (χ0) is 9.98. The summed E-state index contributed by atoms with van der Waals surface area (Å²) in [4.78, 5) is 0. The molecule has 0 fully saturated rings. The summed E-state index contributed by atoms with van der Waals surface area (Å²) in [5.41, 5.74) is 1.48. The monoisotopic (exact) mass is 163 g/mol. The Morgan fingerprint density at radius 3 is 2.17 bits per heavy atom. The van der Waals surface area contributed by atoms with Gasteiger partial charge in [-0.1, -0.05) is 45.6 Å². The van der Waals surface area contributed by atoms with Crippen molar-refractivity contribution in [1.29, 1.82) is 5.26 Å². The van der Waals surface area contributed by atoms with Gasteiger partial charge in [0.1, 0.15) is 0 Å². The second-order valence-corrected chi connectivity index (χ2v) is 1.98. The largest absolute Gasteiger partial charge is 0.192 e. The first-order chi connectivity index (χ1) is 5.70. The molecule has 0 spiro atoms. The smallest absolute Gasteiger partial charge is 0.0985 e. The van der Waals surface area contributed by atoms with Gasteiger partial charge >= 0.3 is 0 Å². The summed E-state index contributed by atoms with van der Waals surface area (Å²) in [6, 6.07) is 1.92. The van der Waals surface area contributed by atoms with E-state index in [2.05, 4.69) is 13.2 Å². The molecule has 0 bridgehead atoms. The highest BCUT2D eigenvalue weighted by Crippen LogP contribution is 2.00. The normalized spacial score (nSPS) is 8.17. The Morgan fingerprint density at radius 1 is 1.33 bits per heavy atom. The van der Waals surface area contributed by atoms with E-state index in [9.17, 15) is 0 Å². The number of hydrogen-bond donors (Lipinski definition) is 0.